The summed E-state index contributed by atoms with van der Waals surface area (Å²) in [5, 5.41) is 5.97. The summed E-state index contributed by atoms with van der Waals surface area (Å²) < 4.78 is 40.0. The second kappa shape index (κ2) is 9.16. The third-order valence-electron chi connectivity index (χ3n) is 4.17. The minimum absolute atomic E-state index is 0. The van der Waals surface area contributed by atoms with Gasteiger partial charge in [0.2, 0.25) is 5.91 Å². The average Bonchev–Trinajstić information content (AvgIpc) is 3.17. The molecule has 1 aliphatic heterocycles. The molecule has 27 heavy (non-hydrogen) atoms. The van der Waals surface area contributed by atoms with E-state index in [1.54, 1.807) is 12.1 Å². The molecule has 0 aliphatic carbocycles. The largest absolute Gasteiger partial charge is 0.351 e. The first-order valence-corrected chi connectivity index (χ1v) is 9.81. The van der Waals surface area contributed by atoms with E-state index >= 15 is 0 Å². The molecule has 2 aromatic carbocycles. The summed E-state index contributed by atoms with van der Waals surface area (Å²) in [6.07, 6.45) is 1.82. The Kier molecular flexibility index (Phi) is 7.18. The molecule has 0 aromatic heterocycles. The van der Waals surface area contributed by atoms with Crippen LogP contribution >= 0.6 is 12.4 Å². The van der Waals surface area contributed by atoms with Gasteiger partial charge >= 0.3 is 0 Å². The quantitative estimate of drug-likeness (QED) is 0.678. The van der Waals surface area contributed by atoms with Crippen LogP contribution in [0.3, 0.4) is 0 Å². The SMILES string of the molecule is Cl.O=C(NCc1ccc(S(=O)(=O)Nc2ccc(F)cc2)cc1)C1CCCN1. The zero-order valence-electron chi connectivity index (χ0n) is 14.4. The van der Waals surface area contributed by atoms with Gasteiger partial charge in [0.05, 0.1) is 10.9 Å². The van der Waals surface area contributed by atoms with Gasteiger partial charge < -0.3 is 10.6 Å². The van der Waals surface area contributed by atoms with E-state index in [1.165, 1.54) is 36.4 Å². The van der Waals surface area contributed by atoms with E-state index in [0.29, 0.717) is 6.54 Å². The van der Waals surface area contributed by atoms with Crippen molar-refractivity contribution in [1.82, 2.24) is 10.6 Å². The van der Waals surface area contributed by atoms with Crippen LogP contribution in [0.5, 0.6) is 0 Å². The van der Waals surface area contributed by atoms with Crippen molar-refractivity contribution >= 4 is 34.0 Å². The number of carbonyl (C=O) groups excluding carboxylic acids is 1. The summed E-state index contributed by atoms with van der Waals surface area (Å²) in [6, 6.07) is 11.2. The van der Waals surface area contributed by atoms with E-state index < -0.39 is 15.8 Å². The molecular weight excluding hydrogens is 393 g/mol. The maximum atomic E-state index is 12.9. The number of hydrogen-bond acceptors (Lipinski definition) is 4. The summed E-state index contributed by atoms with van der Waals surface area (Å²) in [4.78, 5) is 12.1. The van der Waals surface area contributed by atoms with Gasteiger partial charge in [-0.3, -0.25) is 9.52 Å². The van der Waals surface area contributed by atoms with Crippen LogP contribution in [-0.2, 0) is 21.4 Å². The van der Waals surface area contributed by atoms with Crippen LogP contribution in [0.4, 0.5) is 10.1 Å². The van der Waals surface area contributed by atoms with E-state index in [2.05, 4.69) is 15.4 Å². The van der Waals surface area contributed by atoms with Gasteiger partial charge in [-0.25, -0.2) is 12.8 Å². The Bertz CT molecular complexity index is 868. The number of halogens is 2. The Morgan fingerprint density at radius 1 is 1.11 bits per heavy atom. The first-order chi connectivity index (χ1) is 12.4. The van der Waals surface area contributed by atoms with E-state index in [-0.39, 0.29) is 34.9 Å². The molecule has 3 rings (SSSR count). The third kappa shape index (κ3) is 5.66. The van der Waals surface area contributed by atoms with Crippen LogP contribution < -0.4 is 15.4 Å². The fourth-order valence-electron chi connectivity index (χ4n) is 2.74. The number of anilines is 1. The van der Waals surface area contributed by atoms with Gasteiger partial charge in [0.25, 0.3) is 10.0 Å². The molecule has 9 heteroatoms. The fourth-order valence-corrected chi connectivity index (χ4v) is 3.80. The van der Waals surface area contributed by atoms with Gasteiger partial charge in [0.1, 0.15) is 5.82 Å². The van der Waals surface area contributed by atoms with Gasteiger partial charge in [0.15, 0.2) is 0 Å². The maximum Gasteiger partial charge on any atom is 0.261 e. The molecule has 0 saturated carbocycles. The van der Waals surface area contributed by atoms with Crippen molar-refractivity contribution in [2.45, 2.75) is 30.3 Å². The van der Waals surface area contributed by atoms with Crippen LogP contribution in [0.2, 0.25) is 0 Å². The van der Waals surface area contributed by atoms with Gasteiger partial charge in [-0.15, -0.1) is 12.4 Å². The minimum Gasteiger partial charge on any atom is -0.351 e. The number of benzene rings is 2. The van der Waals surface area contributed by atoms with Crippen molar-refractivity contribution < 1.29 is 17.6 Å². The topological polar surface area (TPSA) is 87.3 Å². The molecule has 2 aromatic rings. The standard InChI is InChI=1S/C18H20FN3O3S.ClH/c19-14-5-7-15(8-6-14)22-26(24,25)16-9-3-13(4-10-16)12-21-18(23)17-2-1-11-20-17;/h3-10,17,20,22H,1-2,11-12H2,(H,21,23);1H. The van der Waals surface area contributed by atoms with Crippen molar-refractivity contribution in [1.29, 1.82) is 0 Å². The second-order valence-corrected chi connectivity index (χ2v) is 7.81. The van der Waals surface area contributed by atoms with Gasteiger partial charge in [-0.2, -0.15) is 0 Å². The summed E-state index contributed by atoms with van der Waals surface area (Å²) >= 11 is 0. The Morgan fingerprint density at radius 2 is 1.78 bits per heavy atom. The predicted molar refractivity (Wildman–Crippen MR) is 104 cm³/mol. The van der Waals surface area contributed by atoms with Crippen LogP contribution in [0.15, 0.2) is 53.4 Å². The van der Waals surface area contributed by atoms with Crippen LogP contribution in [0, 0.1) is 5.82 Å². The molecule has 0 radical (unpaired) electrons. The molecule has 1 amide bonds. The third-order valence-corrected chi connectivity index (χ3v) is 5.57. The molecule has 1 fully saturated rings. The first kappa shape index (κ1) is 21.1. The zero-order chi connectivity index (χ0) is 18.6. The zero-order valence-corrected chi connectivity index (χ0v) is 16.1. The highest BCUT2D eigenvalue weighted by molar-refractivity contribution is 7.92. The minimum atomic E-state index is -3.76. The number of hydrogen-bond donors (Lipinski definition) is 3. The fraction of sp³-hybridized carbons (Fsp3) is 0.278. The average molecular weight is 414 g/mol. The number of nitrogens with one attached hydrogen (secondary N) is 3. The second-order valence-electron chi connectivity index (χ2n) is 6.12. The molecule has 146 valence electrons. The normalized spacial score (nSPS) is 16.4. The molecule has 1 saturated heterocycles. The highest BCUT2D eigenvalue weighted by atomic mass is 35.5. The summed E-state index contributed by atoms with van der Waals surface area (Å²) in [5.41, 5.74) is 1.09. The van der Waals surface area contributed by atoms with Crippen LogP contribution in [-0.4, -0.2) is 26.9 Å². The van der Waals surface area contributed by atoms with E-state index in [4.69, 9.17) is 0 Å². The lowest BCUT2D eigenvalue weighted by atomic mass is 10.2. The molecule has 3 N–H and O–H groups in total. The highest BCUT2D eigenvalue weighted by Gasteiger charge is 2.21. The molecule has 1 atom stereocenters. The lowest BCUT2D eigenvalue weighted by Gasteiger charge is -2.12. The molecule has 0 bridgehead atoms. The Balaban J connectivity index is 0.00000261. The highest BCUT2D eigenvalue weighted by Crippen LogP contribution is 2.17. The van der Waals surface area contributed by atoms with Crippen molar-refractivity contribution in [2.75, 3.05) is 11.3 Å². The molecule has 1 unspecified atom stereocenters. The van der Waals surface area contributed by atoms with Crippen molar-refractivity contribution in [2.24, 2.45) is 0 Å². The summed E-state index contributed by atoms with van der Waals surface area (Å²) in [6.45, 7) is 1.19. The predicted octanol–water partition coefficient (Wildman–Crippen LogP) is 2.42. The maximum absolute atomic E-state index is 12.9. The Hall–Kier alpha value is -2.16. The lowest BCUT2D eigenvalue weighted by Crippen LogP contribution is -2.39. The molecule has 1 aliphatic rings. The monoisotopic (exact) mass is 413 g/mol. The van der Waals surface area contributed by atoms with Gasteiger partial charge in [-0.1, -0.05) is 12.1 Å². The molecule has 6 nitrogen and oxygen atoms in total. The number of rotatable bonds is 6. The smallest absolute Gasteiger partial charge is 0.261 e. The number of amides is 1. The van der Waals surface area contributed by atoms with Crippen molar-refractivity contribution in [3.8, 4) is 0 Å². The van der Waals surface area contributed by atoms with Crippen LogP contribution in [0.1, 0.15) is 18.4 Å². The van der Waals surface area contributed by atoms with E-state index in [9.17, 15) is 17.6 Å². The molecule has 0 spiro atoms. The van der Waals surface area contributed by atoms with E-state index in [0.717, 1.165) is 24.9 Å². The summed E-state index contributed by atoms with van der Waals surface area (Å²) in [5.74, 6) is -0.482. The Labute approximate surface area is 164 Å². The van der Waals surface area contributed by atoms with Crippen molar-refractivity contribution in [3.05, 3.63) is 59.9 Å². The van der Waals surface area contributed by atoms with Gasteiger partial charge in [-0.05, 0) is 61.3 Å². The number of carbonyl (C=O) groups is 1. The van der Waals surface area contributed by atoms with Gasteiger partial charge in [0, 0.05) is 12.2 Å². The van der Waals surface area contributed by atoms with Crippen LogP contribution in [0.25, 0.3) is 0 Å². The summed E-state index contributed by atoms with van der Waals surface area (Å²) in [7, 11) is -3.76. The first-order valence-electron chi connectivity index (χ1n) is 8.32. The van der Waals surface area contributed by atoms with Crippen molar-refractivity contribution in [3.63, 3.8) is 0 Å². The number of sulfonamides is 1. The molecular formula is C18H21ClFN3O3S. The molecule has 1 heterocycles. The Morgan fingerprint density at radius 3 is 2.37 bits per heavy atom. The van der Waals surface area contributed by atoms with E-state index in [1.807, 2.05) is 0 Å². The lowest BCUT2D eigenvalue weighted by molar-refractivity contribution is -0.122.